The van der Waals surface area contributed by atoms with Gasteiger partial charge in [-0.1, -0.05) is 0 Å². The lowest BCUT2D eigenvalue weighted by atomic mass is 10.1. The molecule has 122 valence electrons. The molecule has 0 saturated carbocycles. The number of piperazine rings is 1. The molecule has 1 aromatic rings. The Kier molecular flexibility index (Phi) is 5.97. The van der Waals surface area contributed by atoms with E-state index in [1.54, 1.807) is 17.2 Å². The third-order valence-corrected chi connectivity index (χ3v) is 3.71. The summed E-state index contributed by atoms with van der Waals surface area (Å²) in [6.07, 6.45) is 1.37. The second kappa shape index (κ2) is 7.95. The average Bonchev–Trinajstić information content (AvgIpc) is 2.98. The number of aliphatic carboxylic acids is 1. The van der Waals surface area contributed by atoms with Crippen LogP contribution in [0.2, 0.25) is 0 Å². The molecule has 0 aromatic carbocycles. The first-order valence-electron chi connectivity index (χ1n) is 7.46. The molecular formula is C15H22N2O5. The Labute approximate surface area is 129 Å². The Bertz CT molecular complexity index is 488. The van der Waals surface area contributed by atoms with Crippen LogP contribution in [0.4, 0.5) is 0 Å². The van der Waals surface area contributed by atoms with Crippen molar-refractivity contribution in [2.45, 2.75) is 25.9 Å². The normalized spacial score (nSPS) is 19.6. The van der Waals surface area contributed by atoms with Gasteiger partial charge in [0.25, 0.3) is 0 Å². The highest BCUT2D eigenvalue weighted by Crippen LogP contribution is 2.18. The Hall–Kier alpha value is -1.86. The Morgan fingerprint density at radius 2 is 2.32 bits per heavy atom. The van der Waals surface area contributed by atoms with Crippen LogP contribution in [-0.2, 0) is 20.9 Å². The maximum atomic E-state index is 12.5. The number of hydrogen-bond acceptors (Lipinski definition) is 5. The lowest BCUT2D eigenvalue weighted by Gasteiger charge is -2.39. The van der Waals surface area contributed by atoms with Gasteiger partial charge in [0.05, 0.1) is 25.8 Å². The zero-order chi connectivity index (χ0) is 15.9. The number of carbonyl (C=O) groups excluding carboxylic acids is 1. The van der Waals surface area contributed by atoms with Gasteiger partial charge < -0.3 is 19.2 Å². The van der Waals surface area contributed by atoms with Crippen LogP contribution >= 0.6 is 0 Å². The predicted octanol–water partition coefficient (Wildman–Crippen LogP) is 0.804. The third kappa shape index (κ3) is 4.32. The topological polar surface area (TPSA) is 83.2 Å². The van der Waals surface area contributed by atoms with Crippen LogP contribution in [0.5, 0.6) is 0 Å². The first-order chi connectivity index (χ1) is 10.6. The first kappa shape index (κ1) is 16.5. The van der Waals surface area contributed by atoms with Gasteiger partial charge in [-0.15, -0.1) is 0 Å². The molecule has 7 heteroatoms. The number of carbonyl (C=O) groups is 2. The monoisotopic (exact) mass is 310 g/mol. The molecule has 0 bridgehead atoms. The molecule has 2 rings (SSSR count). The van der Waals surface area contributed by atoms with Crippen molar-refractivity contribution in [1.29, 1.82) is 0 Å². The van der Waals surface area contributed by atoms with E-state index in [4.69, 9.17) is 14.3 Å². The maximum Gasteiger partial charge on any atom is 0.305 e. The van der Waals surface area contributed by atoms with E-state index in [1.165, 1.54) is 0 Å². The number of hydrogen-bond donors (Lipinski definition) is 1. The van der Waals surface area contributed by atoms with Crippen LogP contribution in [0, 0.1) is 0 Å². The number of amides is 1. The molecular weight excluding hydrogens is 288 g/mol. The van der Waals surface area contributed by atoms with Gasteiger partial charge in [0.15, 0.2) is 0 Å². The second-order valence-electron chi connectivity index (χ2n) is 5.19. The van der Waals surface area contributed by atoms with Crippen molar-refractivity contribution in [2.24, 2.45) is 0 Å². The lowest BCUT2D eigenvalue weighted by molar-refractivity contribution is -0.150. The Morgan fingerprint density at radius 1 is 1.50 bits per heavy atom. The highest BCUT2D eigenvalue weighted by atomic mass is 16.5. The quantitative estimate of drug-likeness (QED) is 0.715. The van der Waals surface area contributed by atoms with Crippen LogP contribution in [0.25, 0.3) is 0 Å². The van der Waals surface area contributed by atoms with E-state index in [9.17, 15) is 9.59 Å². The number of carboxylic acid groups (broad SMARTS) is 1. The van der Waals surface area contributed by atoms with Crippen LogP contribution in [-0.4, -0.2) is 65.7 Å². The van der Waals surface area contributed by atoms with Gasteiger partial charge in [-0.25, -0.2) is 0 Å². The maximum absolute atomic E-state index is 12.5. The number of carboxylic acids is 1. The van der Waals surface area contributed by atoms with E-state index in [0.29, 0.717) is 39.4 Å². The fraction of sp³-hybridized carbons (Fsp3) is 0.600. The van der Waals surface area contributed by atoms with Gasteiger partial charge in [-0.3, -0.25) is 14.5 Å². The fourth-order valence-electron chi connectivity index (χ4n) is 2.60. The summed E-state index contributed by atoms with van der Waals surface area (Å²) >= 11 is 0. The van der Waals surface area contributed by atoms with Gasteiger partial charge in [-0.2, -0.15) is 0 Å². The van der Waals surface area contributed by atoms with Crippen molar-refractivity contribution in [2.75, 3.05) is 32.8 Å². The van der Waals surface area contributed by atoms with Crippen molar-refractivity contribution in [1.82, 2.24) is 9.80 Å². The van der Waals surface area contributed by atoms with E-state index in [2.05, 4.69) is 0 Å². The fourth-order valence-corrected chi connectivity index (χ4v) is 2.60. The van der Waals surface area contributed by atoms with Crippen molar-refractivity contribution < 1.29 is 23.8 Å². The minimum Gasteiger partial charge on any atom is -0.481 e. The summed E-state index contributed by atoms with van der Waals surface area (Å²) in [6.45, 7) is 5.11. The van der Waals surface area contributed by atoms with Crippen molar-refractivity contribution in [3.8, 4) is 0 Å². The molecule has 0 spiro atoms. The van der Waals surface area contributed by atoms with E-state index >= 15 is 0 Å². The molecule has 1 aliphatic heterocycles. The molecule has 1 fully saturated rings. The predicted molar refractivity (Wildman–Crippen MR) is 78.2 cm³/mol. The summed E-state index contributed by atoms with van der Waals surface area (Å²) in [4.78, 5) is 27.2. The highest BCUT2D eigenvalue weighted by Gasteiger charge is 2.36. The number of rotatable bonds is 8. The molecule has 1 aromatic heterocycles. The zero-order valence-electron chi connectivity index (χ0n) is 12.7. The molecule has 1 unspecified atom stereocenters. The summed E-state index contributed by atoms with van der Waals surface area (Å²) in [5.74, 6) is -0.402. The van der Waals surface area contributed by atoms with Gasteiger partial charge in [0.1, 0.15) is 11.8 Å². The van der Waals surface area contributed by atoms with E-state index < -0.39 is 12.0 Å². The Balaban J connectivity index is 2.01. The largest absolute Gasteiger partial charge is 0.481 e. The molecule has 2 heterocycles. The van der Waals surface area contributed by atoms with Crippen molar-refractivity contribution >= 4 is 11.9 Å². The minimum absolute atomic E-state index is 0.153. The molecule has 0 radical (unpaired) electrons. The summed E-state index contributed by atoms with van der Waals surface area (Å²) < 4.78 is 10.6. The van der Waals surface area contributed by atoms with Crippen LogP contribution in [0.1, 0.15) is 19.1 Å². The molecule has 1 atom stereocenters. The molecule has 0 aliphatic carbocycles. The number of furan rings is 1. The summed E-state index contributed by atoms with van der Waals surface area (Å²) in [5, 5.41) is 9.08. The second-order valence-corrected chi connectivity index (χ2v) is 5.19. The molecule has 1 aliphatic rings. The van der Waals surface area contributed by atoms with Gasteiger partial charge >= 0.3 is 5.97 Å². The third-order valence-electron chi connectivity index (χ3n) is 3.71. The average molecular weight is 310 g/mol. The van der Waals surface area contributed by atoms with E-state index in [0.717, 1.165) is 5.76 Å². The standard InChI is InChI=1S/C15H22N2O5/c1-2-21-9-7-16-5-6-17(11-12-4-3-8-22-12)13(15(16)20)10-14(18)19/h3-4,8,13H,2,5-7,9-11H2,1H3,(H,18,19). The van der Waals surface area contributed by atoms with Crippen molar-refractivity contribution in [3.63, 3.8) is 0 Å². The lowest BCUT2D eigenvalue weighted by Crippen LogP contribution is -2.57. The zero-order valence-corrected chi connectivity index (χ0v) is 12.7. The summed E-state index contributed by atoms with van der Waals surface area (Å²) in [7, 11) is 0. The Morgan fingerprint density at radius 3 is 2.95 bits per heavy atom. The molecule has 22 heavy (non-hydrogen) atoms. The molecule has 1 saturated heterocycles. The van der Waals surface area contributed by atoms with Gasteiger partial charge in [-0.05, 0) is 19.1 Å². The van der Waals surface area contributed by atoms with Gasteiger partial charge in [0.2, 0.25) is 5.91 Å². The number of nitrogens with zero attached hydrogens (tertiary/aromatic N) is 2. The van der Waals surface area contributed by atoms with Crippen LogP contribution < -0.4 is 0 Å². The number of ether oxygens (including phenoxy) is 1. The van der Waals surface area contributed by atoms with Crippen molar-refractivity contribution in [3.05, 3.63) is 24.2 Å². The molecule has 7 nitrogen and oxygen atoms in total. The minimum atomic E-state index is -0.977. The van der Waals surface area contributed by atoms with Crippen LogP contribution in [0.15, 0.2) is 22.8 Å². The first-order valence-corrected chi connectivity index (χ1v) is 7.46. The van der Waals surface area contributed by atoms with Gasteiger partial charge in [0, 0.05) is 26.2 Å². The van der Waals surface area contributed by atoms with E-state index in [1.807, 2.05) is 17.9 Å². The molecule has 1 amide bonds. The highest BCUT2D eigenvalue weighted by molar-refractivity contribution is 5.86. The smallest absolute Gasteiger partial charge is 0.305 e. The summed E-state index contributed by atoms with van der Waals surface area (Å²) in [5.41, 5.74) is 0. The SMILES string of the molecule is CCOCCN1CCN(Cc2ccco2)C(CC(=O)O)C1=O. The molecule has 1 N–H and O–H groups in total. The van der Waals surface area contributed by atoms with Crippen LogP contribution in [0.3, 0.4) is 0 Å². The summed E-state index contributed by atoms with van der Waals surface area (Å²) in [6, 6.07) is 2.95. The van der Waals surface area contributed by atoms with E-state index in [-0.39, 0.29) is 12.3 Å².